The van der Waals surface area contributed by atoms with Crippen molar-refractivity contribution in [3.63, 3.8) is 0 Å². The highest BCUT2D eigenvalue weighted by atomic mass is 16.3. The Hall–Kier alpha value is -1.92. The molecule has 1 saturated heterocycles. The van der Waals surface area contributed by atoms with Crippen LogP contribution >= 0.6 is 0 Å². The van der Waals surface area contributed by atoms with Gasteiger partial charge in [-0.15, -0.1) is 0 Å². The Morgan fingerprint density at radius 1 is 1.33 bits per heavy atom. The van der Waals surface area contributed by atoms with E-state index in [0.29, 0.717) is 12.6 Å². The van der Waals surface area contributed by atoms with E-state index in [1.807, 2.05) is 24.3 Å². The monoisotopic (exact) mass is 330 g/mol. The van der Waals surface area contributed by atoms with Crippen LogP contribution < -0.4 is 5.32 Å². The van der Waals surface area contributed by atoms with Gasteiger partial charge in [-0.2, -0.15) is 5.10 Å². The van der Waals surface area contributed by atoms with Gasteiger partial charge in [0.25, 0.3) is 0 Å². The Kier molecular flexibility index (Phi) is 5.82. The number of carbonyl (C=O) groups is 1. The quantitative estimate of drug-likeness (QED) is 0.718. The van der Waals surface area contributed by atoms with Crippen LogP contribution in [0.3, 0.4) is 0 Å². The first kappa shape index (κ1) is 16.9. The number of hydrogen-bond donors (Lipinski definition) is 2. The molecule has 1 atom stereocenters. The predicted octanol–water partition coefficient (Wildman–Crippen LogP) is 1.39. The van der Waals surface area contributed by atoms with Gasteiger partial charge in [0.1, 0.15) is 6.54 Å². The molecule has 0 bridgehead atoms. The van der Waals surface area contributed by atoms with Crippen molar-refractivity contribution in [1.82, 2.24) is 20.0 Å². The minimum atomic E-state index is -0.00161. The molecule has 24 heavy (non-hydrogen) atoms. The molecule has 1 amide bonds. The van der Waals surface area contributed by atoms with Gasteiger partial charge in [0, 0.05) is 18.0 Å². The van der Waals surface area contributed by atoms with Crippen molar-refractivity contribution < 1.29 is 9.90 Å². The summed E-state index contributed by atoms with van der Waals surface area (Å²) in [5.74, 6) is -0.00161. The number of nitrogens with one attached hydrogen (secondary N) is 1. The Morgan fingerprint density at radius 2 is 2.21 bits per heavy atom. The van der Waals surface area contributed by atoms with E-state index in [0.717, 1.165) is 43.3 Å². The van der Waals surface area contributed by atoms with E-state index >= 15 is 0 Å². The summed E-state index contributed by atoms with van der Waals surface area (Å²) in [6.07, 6.45) is 6.07. The van der Waals surface area contributed by atoms with E-state index in [1.165, 1.54) is 6.42 Å². The maximum absolute atomic E-state index is 12.1. The summed E-state index contributed by atoms with van der Waals surface area (Å²) in [6.45, 7) is 3.30. The van der Waals surface area contributed by atoms with Gasteiger partial charge in [-0.25, -0.2) is 0 Å². The highest BCUT2D eigenvalue weighted by Gasteiger charge is 2.22. The summed E-state index contributed by atoms with van der Waals surface area (Å²) < 4.78 is 1.74. The van der Waals surface area contributed by atoms with Gasteiger partial charge in [0.2, 0.25) is 5.91 Å². The van der Waals surface area contributed by atoms with Crippen molar-refractivity contribution in [3.8, 4) is 0 Å². The van der Waals surface area contributed by atoms with Crippen LogP contribution in [-0.4, -0.2) is 58.0 Å². The van der Waals surface area contributed by atoms with Gasteiger partial charge >= 0.3 is 0 Å². The number of nitrogens with zero attached hydrogens (tertiary/aromatic N) is 3. The molecule has 0 saturated carbocycles. The second-order valence-corrected chi connectivity index (χ2v) is 6.43. The number of unbranched alkanes of at least 4 members (excludes halogenated alkanes) is 1. The molecule has 0 radical (unpaired) electrons. The number of amides is 1. The molecule has 1 unspecified atom stereocenters. The van der Waals surface area contributed by atoms with Crippen molar-refractivity contribution in [1.29, 1.82) is 0 Å². The van der Waals surface area contributed by atoms with E-state index < -0.39 is 0 Å². The zero-order valence-corrected chi connectivity index (χ0v) is 14.0. The highest BCUT2D eigenvalue weighted by molar-refractivity contribution is 5.81. The van der Waals surface area contributed by atoms with Crippen LogP contribution in [0.1, 0.15) is 25.7 Å². The maximum Gasteiger partial charge on any atom is 0.241 e. The van der Waals surface area contributed by atoms with Crippen LogP contribution in [0.25, 0.3) is 10.9 Å². The Balaban J connectivity index is 1.36. The third-order valence-corrected chi connectivity index (χ3v) is 4.75. The Bertz CT molecular complexity index is 670. The molecule has 130 valence electrons. The Labute approximate surface area is 142 Å². The number of aromatic nitrogens is 2. The summed E-state index contributed by atoms with van der Waals surface area (Å²) in [5, 5.41) is 17.6. The number of carbonyl (C=O) groups excluding carboxylic acids is 1. The smallest absolute Gasteiger partial charge is 0.241 e. The van der Waals surface area contributed by atoms with Gasteiger partial charge < -0.3 is 10.4 Å². The van der Waals surface area contributed by atoms with Crippen LogP contribution in [-0.2, 0) is 11.3 Å². The fraction of sp³-hybridized carbons (Fsp3) is 0.556. The molecular weight excluding hydrogens is 304 g/mol. The third-order valence-electron chi connectivity index (χ3n) is 4.75. The van der Waals surface area contributed by atoms with Crippen LogP contribution in [0.5, 0.6) is 0 Å². The SMILES string of the molecule is O=C(Cn1ncc2ccccc21)NCCCCN1CCCC1CO. The van der Waals surface area contributed by atoms with E-state index in [1.54, 1.807) is 10.9 Å². The van der Waals surface area contributed by atoms with Crippen molar-refractivity contribution in [3.05, 3.63) is 30.5 Å². The zero-order chi connectivity index (χ0) is 16.8. The van der Waals surface area contributed by atoms with E-state index in [2.05, 4.69) is 15.3 Å². The van der Waals surface area contributed by atoms with Crippen LogP contribution in [0.4, 0.5) is 0 Å². The minimum absolute atomic E-state index is 0.00161. The first-order chi connectivity index (χ1) is 11.8. The topological polar surface area (TPSA) is 70.4 Å². The number of aliphatic hydroxyl groups excluding tert-OH is 1. The number of likely N-dealkylation sites (tertiary alicyclic amines) is 1. The van der Waals surface area contributed by atoms with E-state index in [4.69, 9.17) is 0 Å². The minimum Gasteiger partial charge on any atom is -0.395 e. The second kappa shape index (κ2) is 8.26. The van der Waals surface area contributed by atoms with Gasteiger partial charge in [-0.05, 0) is 44.8 Å². The molecule has 1 aliphatic rings. The number of aliphatic hydroxyl groups is 1. The molecule has 6 heteroatoms. The van der Waals surface area contributed by atoms with Crippen LogP contribution in [0.2, 0.25) is 0 Å². The summed E-state index contributed by atoms with van der Waals surface area (Å²) in [6, 6.07) is 8.23. The summed E-state index contributed by atoms with van der Waals surface area (Å²) in [5.41, 5.74) is 0.983. The molecule has 3 rings (SSSR count). The molecule has 2 heterocycles. The number of fused-ring (bicyclic) bond motifs is 1. The fourth-order valence-electron chi connectivity index (χ4n) is 3.41. The lowest BCUT2D eigenvalue weighted by atomic mass is 10.2. The van der Waals surface area contributed by atoms with E-state index in [9.17, 15) is 9.90 Å². The average molecular weight is 330 g/mol. The van der Waals surface area contributed by atoms with Crippen molar-refractivity contribution in [2.24, 2.45) is 0 Å². The molecule has 1 aromatic carbocycles. The molecule has 2 N–H and O–H groups in total. The van der Waals surface area contributed by atoms with Gasteiger partial charge in [-0.3, -0.25) is 14.4 Å². The molecular formula is C18H26N4O2. The molecule has 2 aromatic rings. The van der Waals surface area contributed by atoms with Crippen molar-refractivity contribution >= 4 is 16.8 Å². The molecule has 1 fully saturated rings. The summed E-state index contributed by atoms with van der Waals surface area (Å²) >= 11 is 0. The van der Waals surface area contributed by atoms with Crippen molar-refractivity contribution in [2.75, 3.05) is 26.2 Å². The maximum atomic E-state index is 12.1. The lowest BCUT2D eigenvalue weighted by Gasteiger charge is -2.22. The van der Waals surface area contributed by atoms with E-state index in [-0.39, 0.29) is 19.1 Å². The predicted molar refractivity (Wildman–Crippen MR) is 93.7 cm³/mol. The first-order valence-electron chi connectivity index (χ1n) is 8.80. The van der Waals surface area contributed by atoms with Crippen LogP contribution in [0, 0.1) is 0 Å². The number of benzene rings is 1. The van der Waals surface area contributed by atoms with Gasteiger partial charge in [0.15, 0.2) is 0 Å². The molecule has 1 aliphatic heterocycles. The third kappa shape index (κ3) is 4.13. The van der Waals surface area contributed by atoms with Crippen LogP contribution in [0.15, 0.2) is 30.5 Å². The summed E-state index contributed by atoms with van der Waals surface area (Å²) in [4.78, 5) is 14.4. The van der Waals surface area contributed by atoms with Gasteiger partial charge in [-0.1, -0.05) is 18.2 Å². The number of para-hydroxylation sites is 1. The molecule has 0 spiro atoms. The lowest BCUT2D eigenvalue weighted by molar-refractivity contribution is -0.121. The standard InChI is InChI=1S/C18H26N4O2/c23-14-16-7-5-11-21(16)10-4-3-9-19-18(24)13-22-17-8-2-1-6-15(17)12-20-22/h1-2,6,8,12,16,23H,3-5,7,9-11,13-14H2,(H,19,24). The largest absolute Gasteiger partial charge is 0.395 e. The Morgan fingerprint density at radius 3 is 3.08 bits per heavy atom. The second-order valence-electron chi connectivity index (χ2n) is 6.43. The number of rotatable bonds is 8. The average Bonchev–Trinajstić information content (AvgIpc) is 3.21. The molecule has 6 nitrogen and oxygen atoms in total. The first-order valence-corrected chi connectivity index (χ1v) is 8.80. The molecule has 1 aromatic heterocycles. The van der Waals surface area contributed by atoms with Crippen molar-refractivity contribution in [2.45, 2.75) is 38.3 Å². The normalized spacial score (nSPS) is 18.3. The highest BCUT2D eigenvalue weighted by Crippen LogP contribution is 2.16. The fourth-order valence-corrected chi connectivity index (χ4v) is 3.41. The molecule has 0 aliphatic carbocycles. The van der Waals surface area contributed by atoms with Gasteiger partial charge in [0.05, 0.1) is 18.3 Å². The summed E-state index contributed by atoms with van der Waals surface area (Å²) in [7, 11) is 0. The number of hydrogen-bond acceptors (Lipinski definition) is 4. The zero-order valence-electron chi connectivity index (χ0n) is 14.0. The lowest BCUT2D eigenvalue weighted by Crippen LogP contribution is -2.33.